The van der Waals surface area contributed by atoms with Crippen molar-refractivity contribution >= 4 is 5.97 Å². The van der Waals surface area contributed by atoms with Crippen molar-refractivity contribution in [3.63, 3.8) is 0 Å². The van der Waals surface area contributed by atoms with Gasteiger partial charge < -0.3 is 5.11 Å². The fraction of sp³-hybridized carbons (Fsp3) is 0.333. The highest BCUT2D eigenvalue weighted by Gasteiger charge is 2.38. The minimum absolute atomic E-state index is 0.0812. The van der Waals surface area contributed by atoms with Crippen molar-refractivity contribution in [2.24, 2.45) is 0 Å². The predicted octanol–water partition coefficient (Wildman–Crippen LogP) is 2.80. The molecule has 0 fully saturated rings. The third kappa shape index (κ3) is 2.90. The number of carboxylic acid groups (broad SMARTS) is 1. The number of halogens is 6. The zero-order chi connectivity index (χ0) is 14.1. The molecule has 18 heavy (non-hydrogen) atoms. The van der Waals surface area contributed by atoms with E-state index in [0.717, 1.165) is 0 Å². The molecule has 0 saturated heterocycles. The summed E-state index contributed by atoms with van der Waals surface area (Å²) in [7, 11) is 0. The van der Waals surface area contributed by atoms with Gasteiger partial charge in [-0.25, -0.2) is 13.8 Å². The summed E-state index contributed by atoms with van der Waals surface area (Å²) >= 11 is 0. The smallest absolute Gasteiger partial charge is 0.418 e. The third-order valence-electron chi connectivity index (χ3n) is 2.02. The van der Waals surface area contributed by atoms with E-state index in [2.05, 4.69) is 4.98 Å². The molecule has 0 aliphatic carbocycles. The number of rotatable bonds is 3. The molecule has 9 heteroatoms. The molecule has 0 amide bonds. The molecule has 1 rings (SSSR count). The normalized spacial score (nSPS) is 11.9. The number of carbonyl (C=O) groups is 1. The minimum atomic E-state index is -5.17. The zero-order valence-electron chi connectivity index (χ0n) is 8.43. The van der Waals surface area contributed by atoms with Crippen LogP contribution in [0.1, 0.15) is 23.1 Å². The van der Waals surface area contributed by atoms with E-state index in [4.69, 9.17) is 5.11 Å². The number of alkyl halides is 5. The lowest BCUT2D eigenvalue weighted by Gasteiger charge is -2.15. The van der Waals surface area contributed by atoms with E-state index in [1.54, 1.807) is 0 Å². The average Bonchev–Trinajstić information content (AvgIpc) is 2.17. The van der Waals surface area contributed by atoms with Gasteiger partial charge in [0, 0.05) is 17.3 Å². The molecule has 0 bridgehead atoms. The van der Waals surface area contributed by atoms with Gasteiger partial charge in [0.25, 0.3) is 6.43 Å². The van der Waals surface area contributed by atoms with Crippen LogP contribution in [-0.4, -0.2) is 16.1 Å². The lowest BCUT2D eigenvalue weighted by atomic mass is 10.0. The number of hydrogen-bond donors (Lipinski definition) is 1. The molecule has 0 aromatic carbocycles. The topological polar surface area (TPSA) is 50.2 Å². The van der Waals surface area contributed by atoms with E-state index in [-0.39, 0.29) is 6.20 Å². The van der Waals surface area contributed by atoms with E-state index in [0.29, 0.717) is 0 Å². The van der Waals surface area contributed by atoms with Crippen molar-refractivity contribution in [2.75, 3.05) is 0 Å². The number of pyridine rings is 1. The first-order valence-electron chi connectivity index (χ1n) is 4.39. The standard InChI is InChI=1S/C9H5F6NO2/c10-7(11)6-3(1-5(17)18)8(12)16-2-4(6)9(13,14)15/h2,7H,1H2,(H,17,18). The van der Waals surface area contributed by atoms with Crippen LogP contribution in [0.2, 0.25) is 0 Å². The molecule has 0 atom stereocenters. The molecule has 100 valence electrons. The molecule has 0 radical (unpaired) electrons. The second-order valence-corrected chi connectivity index (χ2v) is 3.22. The molecule has 0 aliphatic rings. The van der Waals surface area contributed by atoms with E-state index in [1.807, 2.05) is 0 Å². The Morgan fingerprint density at radius 1 is 1.39 bits per heavy atom. The van der Waals surface area contributed by atoms with E-state index in [9.17, 15) is 31.1 Å². The molecule has 1 aromatic rings. The number of aromatic nitrogens is 1. The third-order valence-corrected chi connectivity index (χ3v) is 2.02. The molecule has 0 unspecified atom stereocenters. The maximum atomic E-state index is 13.1. The van der Waals surface area contributed by atoms with Crippen molar-refractivity contribution in [3.8, 4) is 0 Å². The molecular weight excluding hydrogens is 268 g/mol. The first kappa shape index (κ1) is 14.3. The summed E-state index contributed by atoms with van der Waals surface area (Å²) in [5.74, 6) is -3.39. The molecule has 1 aromatic heterocycles. The molecule has 0 aliphatic heterocycles. The van der Waals surface area contributed by atoms with Crippen molar-refractivity contribution in [2.45, 2.75) is 19.0 Å². The van der Waals surface area contributed by atoms with Gasteiger partial charge in [-0.2, -0.15) is 17.6 Å². The fourth-order valence-corrected chi connectivity index (χ4v) is 1.34. The van der Waals surface area contributed by atoms with Gasteiger partial charge in [-0.1, -0.05) is 0 Å². The van der Waals surface area contributed by atoms with Gasteiger partial charge in [0.2, 0.25) is 5.95 Å². The minimum Gasteiger partial charge on any atom is -0.481 e. The van der Waals surface area contributed by atoms with Gasteiger partial charge in [0.1, 0.15) is 0 Å². The summed E-state index contributed by atoms with van der Waals surface area (Å²) in [4.78, 5) is 13.0. The quantitative estimate of drug-likeness (QED) is 0.680. The lowest BCUT2D eigenvalue weighted by Crippen LogP contribution is -2.16. The molecule has 3 nitrogen and oxygen atoms in total. The number of nitrogens with zero attached hydrogens (tertiary/aromatic N) is 1. The van der Waals surface area contributed by atoms with E-state index < -0.39 is 47.6 Å². The Bertz CT molecular complexity index is 471. The number of carboxylic acids is 1. The summed E-state index contributed by atoms with van der Waals surface area (Å²) in [6, 6.07) is 0. The van der Waals surface area contributed by atoms with Gasteiger partial charge in [0.15, 0.2) is 0 Å². The summed E-state index contributed by atoms with van der Waals surface area (Å²) in [5, 5.41) is 8.37. The lowest BCUT2D eigenvalue weighted by molar-refractivity contribution is -0.140. The van der Waals surface area contributed by atoms with Gasteiger partial charge in [-0.15, -0.1) is 0 Å². The van der Waals surface area contributed by atoms with Crippen LogP contribution in [0.25, 0.3) is 0 Å². The van der Waals surface area contributed by atoms with Crippen molar-refractivity contribution in [3.05, 3.63) is 28.8 Å². The maximum Gasteiger partial charge on any atom is 0.418 e. The van der Waals surface area contributed by atoms with Crippen LogP contribution in [0.5, 0.6) is 0 Å². The number of hydrogen-bond acceptors (Lipinski definition) is 2. The van der Waals surface area contributed by atoms with Crippen LogP contribution in [-0.2, 0) is 17.4 Å². The van der Waals surface area contributed by atoms with Crippen LogP contribution in [0.3, 0.4) is 0 Å². The molecule has 0 saturated carbocycles. The van der Waals surface area contributed by atoms with Crippen LogP contribution in [0, 0.1) is 5.95 Å². The Hall–Kier alpha value is -1.80. The van der Waals surface area contributed by atoms with Crippen molar-refractivity contribution in [1.82, 2.24) is 4.98 Å². The SMILES string of the molecule is O=C(O)Cc1c(F)ncc(C(F)(F)F)c1C(F)F. The van der Waals surface area contributed by atoms with Crippen LogP contribution in [0.4, 0.5) is 26.3 Å². The van der Waals surface area contributed by atoms with Gasteiger partial charge >= 0.3 is 12.1 Å². The largest absolute Gasteiger partial charge is 0.481 e. The predicted molar refractivity (Wildman–Crippen MR) is 45.5 cm³/mol. The van der Waals surface area contributed by atoms with Gasteiger partial charge in [-0.05, 0) is 0 Å². The highest BCUT2D eigenvalue weighted by molar-refractivity contribution is 5.71. The second-order valence-electron chi connectivity index (χ2n) is 3.22. The fourth-order valence-electron chi connectivity index (χ4n) is 1.34. The Morgan fingerprint density at radius 3 is 2.33 bits per heavy atom. The van der Waals surface area contributed by atoms with E-state index >= 15 is 0 Å². The van der Waals surface area contributed by atoms with Crippen LogP contribution < -0.4 is 0 Å². The summed E-state index contributed by atoms with van der Waals surface area (Å²) in [6.07, 6.45) is -10.2. The van der Waals surface area contributed by atoms with Gasteiger partial charge in [-0.3, -0.25) is 4.79 Å². The van der Waals surface area contributed by atoms with Crippen molar-refractivity contribution in [1.29, 1.82) is 0 Å². The summed E-state index contributed by atoms with van der Waals surface area (Å²) < 4.78 is 75.4. The molecule has 1 heterocycles. The first-order chi connectivity index (χ1) is 8.14. The first-order valence-corrected chi connectivity index (χ1v) is 4.39. The highest BCUT2D eigenvalue weighted by atomic mass is 19.4. The number of aliphatic carboxylic acids is 1. The van der Waals surface area contributed by atoms with Crippen LogP contribution in [0.15, 0.2) is 6.20 Å². The Labute approximate surface area is 96.1 Å². The summed E-state index contributed by atoms with van der Waals surface area (Å²) in [6.45, 7) is 0. The second kappa shape index (κ2) is 4.83. The maximum absolute atomic E-state index is 13.1. The van der Waals surface area contributed by atoms with Gasteiger partial charge in [0.05, 0.1) is 12.0 Å². The van der Waals surface area contributed by atoms with E-state index in [1.165, 1.54) is 0 Å². The molecule has 0 spiro atoms. The Kier molecular flexibility index (Phi) is 3.82. The van der Waals surface area contributed by atoms with Crippen molar-refractivity contribution < 1.29 is 36.2 Å². The Morgan fingerprint density at radius 2 is 1.94 bits per heavy atom. The highest BCUT2D eigenvalue weighted by Crippen LogP contribution is 2.38. The molecule has 1 N–H and O–H groups in total. The molecular formula is C9H5F6NO2. The summed E-state index contributed by atoms with van der Waals surface area (Å²) in [5.41, 5.74) is -4.78. The monoisotopic (exact) mass is 273 g/mol. The average molecular weight is 273 g/mol. The zero-order valence-corrected chi connectivity index (χ0v) is 8.43. The van der Waals surface area contributed by atoms with Crippen LogP contribution >= 0.6 is 0 Å². The Balaban J connectivity index is 3.52.